The summed E-state index contributed by atoms with van der Waals surface area (Å²) >= 11 is 0. The minimum atomic E-state index is -0.284. The van der Waals surface area contributed by atoms with Crippen LogP contribution in [0.25, 0.3) is 0 Å². The Morgan fingerprint density at radius 3 is 2.61 bits per heavy atom. The van der Waals surface area contributed by atoms with E-state index in [4.69, 9.17) is 4.52 Å². The quantitative estimate of drug-likeness (QED) is 0.851. The fraction of sp³-hybridized carbons (Fsp3) is 0.353. The lowest BCUT2D eigenvalue weighted by molar-refractivity contribution is -0.134. The standard InChI is InChI=1S/C17H21N3O3/c1-3-20(12-16(21)18-15-11-13(2)23-19-15)17(22)10-9-14-7-5-4-6-8-14/h4-8,11H,3,9-10,12H2,1-2H3,(H,18,19,21). The number of hydrogen-bond acceptors (Lipinski definition) is 4. The van der Waals surface area contributed by atoms with Crippen molar-refractivity contribution in [3.63, 3.8) is 0 Å². The highest BCUT2D eigenvalue weighted by Crippen LogP contribution is 2.08. The van der Waals surface area contributed by atoms with Crippen LogP contribution in [0.4, 0.5) is 5.82 Å². The number of nitrogens with one attached hydrogen (secondary N) is 1. The van der Waals surface area contributed by atoms with E-state index in [1.165, 1.54) is 4.90 Å². The van der Waals surface area contributed by atoms with Crippen LogP contribution in [-0.2, 0) is 16.0 Å². The molecule has 1 heterocycles. The van der Waals surface area contributed by atoms with Crippen LogP contribution in [0.3, 0.4) is 0 Å². The maximum Gasteiger partial charge on any atom is 0.245 e. The Morgan fingerprint density at radius 1 is 1.26 bits per heavy atom. The Hall–Kier alpha value is -2.63. The van der Waals surface area contributed by atoms with Gasteiger partial charge in [-0.25, -0.2) is 0 Å². The maximum absolute atomic E-state index is 12.3. The molecule has 2 rings (SSSR count). The van der Waals surface area contributed by atoms with Crippen molar-refractivity contribution < 1.29 is 14.1 Å². The van der Waals surface area contributed by atoms with Gasteiger partial charge in [-0.2, -0.15) is 0 Å². The van der Waals surface area contributed by atoms with Crippen LogP contribution in [-0.4, -0.2) is 35.0 Å². The lowest BCUT2D eigenvalue weighted by atomic mass is 10.1. The van der Waals surface area contributed by atoms with Gasteiger partial charge in [-0.05, 0) is 25.8 Å². The normalized spacial score (nSPS) is 10.3. The minimum Gasteiger partial charge on any atom is -0.360 e. The van der Waals surface area contributed by atoms with Crippen LogP contribution in [0.5, 0.6) is 0 Å². The molecule has 0 aliphatic carbocycles. The van der Waals surface area contributed by atoms with Gasteiger partial charge in [0.25, 0.3) is 0 Å². The third-order valence-corrected chi connectivity index (χ3v) is 3.43. The summed E-state index contributed by atoms with van der Waals surface area (Å²) in [6, 6.07) is 11.5. The number of aromatic nitrogens is 1. The van der Waals surface area contributed by atoms with Gasteiger partial charge in [0.2, 0.25) is 11.8 Å². The fourth-order valence-corrected chi connectivity index (χ4v) is 2.21. The average molecular weight is 315 g/mol. The molecule has 1 aromatic heterocycles. The Balaban J connectivity index is 1.83. The van der Waals surface area contributed by atoms with Crippen molar-refractivity contribution in [3.8, 4) is 0 Å². The highest BCUT2D eigenvalue weighted by Gasteiger charge is 2.16. The third-order valence-electron chi connectivity index (χ3n) is 3.43. The van der Waals surface area contributed by atoms with E-state index in [0.717, 1.165) is 5.56 Å². The highest BCUT2D eigenvalue weighted by atomic mass is 16.5. The molecule has 6 nitrogen and oxygen atoms in total. The van der Waals surface area contributed by atoms with E-state index in [1.807, 2.05) is 37.3 Å². The Kier molecular flexibility index (Phi) is 5.91. The summed E-state index contributed by atoms with van der Waals surface area (Å²) in [7, 11) is 0. The van der Waals surface area contributed by atoms with E-state index >= 15 is 0 Å². The number of benzene rings is 1. The molecule has 1 N–H and O–H groups in total. The summed E-state index contributed by atoms with van der Waals surface area (Å²) in [6.45, 7) is 4.09. The number of rotatable bonds is 7. The molecule has 0 radical (unpaired) electrons. The topological polar surface area (TPSA) is 75.4 Å². The SMILES string of the molecule is CCN(CC(=O)Nc1cc(C)on1)C(=O)CCc1ccccc1. The molecular formula is C17H21N3O3. The van der Waals surface area contributed by atoms with Crippen molar-refractivity contribution in [3.05, 3.63) is 47.7 Å². The molecule has 1 aromatic carbocycles. The summed E-state index contributed by atoms with van der Waals surface area (Å²) in [5.74, 6) is 0.655. The van der Waals surface area contributed by atoms with E-state index in [9.17, 15) is 9.59 Å². The molecule has 0 saturated carbocycles. The van der Waals surface area contributed by atoms with E-state index in [1.54, 1.807) is 13.0 Å². The van der Waals surface area contributed by atoms with Crippen molar-refractivity contribution in [1.29, 1.82) is 0 Å². The molecule has 0 aliphatic heterocycles. The van der Waals surface area contributed by atoms with Crippen LogP contribution in [0, 0.1) is 6.92 Å². The number of aryl methyl sites for hydroxylation is 2. The predicted molar refractivity (Wildman–Crippen MR) is 86.9 cm³/mol. The van der Waals surface area contributed by atoms with Gasteiger partial charge in [-0.15, -0.1) is 0 Å². The van der Waals surface area contributed by atoms with Gasteiger partial charge >= 0.3 is 0 Å². The van der Waals surface area contributed by atoms with Crippen molar-refractivity contribution in [1.82, 2.24) is 10.1 Å². The molecular weight excluding hydrogens is 294 g/mol. The van der Waals surface area contributed by atoms with Gasteiger partial charge < -0.3 is 14.7 Å². The molecule has 6 heteroatoms. The van der Waals surface area contributed by atoms with Crippen molar-refractivity contribution >= 4 is 17.6 Å². The van der Waals surface area contributed by atoms with Gasteiger partial charge in [-0.1, -0.05) is 35.5 Å². The molecule has 0 saturated heterocycles. The van der Waals surface area contributed by atoms with Crippen LogP contribution >= 0.6 is 0 Å². The fourth-order valence-electron chi connectivity index (χ4n) is 2.21. The number of hydrogen-bond donors (Lipinski definition) is 1. The van der Waals surface area contributed by atoms with Gasteiger partial charge in [0.15, 0.2) is 5.82 Å². The average Bonchev–Trinajstić information content (AvgIpc) is 2.96. The zero-order valence-corrected chi connectivity index (χ0v) is 13.4. The lowest BCUT2D eigenvalue weighted by Crippen LogP contribution is -2.38. The van der Waals surface area contributed by atoms with Crippen molar-refractivity contribution in [2.24, 2.45) is 0 Å². The van der Waals surface area contributed by atoms with E-state index in [-0.39, 0.29) is 18.4 Å². The Bertz CT molecular complexity index is 652. The van der Waals surface area contributed by atoms with E-state index < -0.39 is 0 Å². The second-order valence-corrected chi connectivity index (χ2v) is 5.26. The third kappa shape index (κ3) is 5.25. The molecule has 0 atom stereocenters. The van der Waals surface area contributed by atoms with E-state index in [2.05, 4.69) is 10.5 Å². The first-order chi connectivity index (χ1) is 11.1. The predicted octanol–water partition coefficient (Wildman–Crippen LogP) is 2.40. The lowest BCUT2D eigenvalue weighted by Gasteiger charge is -2.20. The summed E-state index contributed by atoms with van der Waals surface area (Å²) in [6.07, 6.45) is 1.05. The zero-order chi connectivity index (χ0) is 16.7. The molecule has 2 aromatic rings. The highest BCUT2D eigenvalue weighted by molar-refractivity contribution is 5.93. The first-order valence-corrected chi connectivity index (χ1v) is 7.63. The summed E-state index contributed by atoms with van der Waals surface area (Å²) < 4.78 is 4.89. The molecule has 2 amide bonds. The number of carbonyl (C=O) groups excluding carboxylic acids is 2. The smallest absolute Gasteiger partial charge is 0.245 e. The molecule has 0 unspecified atom stereocenters. The first kappa shape index (κ1) is 16.7. The molecule has 0 aliphatic rings. The molecule has 122 valence electrons. The van der Waals surface area contributed by atoms with Gasteiger partial charge in [0.05, 0.1) is 6.54 Å². The van der Waals surface area contributed by atoms with Crippen molar-refractivity contribution in [2.45, 2.75) is 26.7 Å². The largest absolute Gasteiger partial charge is 0.360 e. The Morgan fingerprint density at radius 2 is 2.00 bits per heavy atom. The number of nitrogens with zero attached hydrogens (tertiary/aromatic N) is 2. The summed E-state index contributed by atoms with van der Waals surface area (Å²) in [4.78, 5) is 25.8. The van der Waals surface area contributed by atoms with Crippen LogP contribution in [0.2, 0.25) is 0 Å². The van der Waals surface area contributed by atoms with Crippen LogP contribution in [0.1, 0.15) is 24.7 Å². The Labute approximate surface area is 135 Å². The van der Waals surface area contributed by atoms with E-state index in [0.29, 0.717) is 31.0 Å². The van der Waals surface area contributed by atoms with Gasteiger partial charge in [-0.3, -0.25) is 9.59 Å². The second-order valence-electron chi connectivity index (χ2n) is 5.26. The molecule has 0 fully saturated rings. The second kappa shape index (κ2) is 8.12. The molecule has 23 heavy (non-hydrogen) atoms. The maximum atomic E-state index is 12.3. The van der Waals surface area contributed by atoms with Crippen LogP contribution < -0.4 is 5.32 Å². The molecule has 0 bridgehead atoms. The number of amides is 2. The van der Waals surface area contributed by atoms with Crippen LogP contribution in [0.15, 0.2) is 40.9 Å². The zero-order valence-electron chi connectivity index (χ0n) is 13.4. The summed E-state index contributed by atoms with van der Waals surface area (Å²) in [5.41, 5.74) is 1.11. The number of likely N-dealkylation sites (N-methyl/N-ethyl adjacent to an activating group) is 1. The molecule has 0 spiro atoms. The first-order valence-electron chi connectivity index (χ1n) is 7.63. The summed E-state index contributed by atoms with van der Waals surface area (Å²) in [5, 5.41) is 6.32. The van der Waals surface area contributed by atoms with Gasteiger partial charge in [0, 0.05) is 19.0 Å². The van der Waals surface area contributed by atoms with Crippen molar-refractivity contribution in [2.75, 3.05) is 18.4 Å². The minimum absolute atomic E-state index is 0.00995. The number of carbonyl (C=O) groups is 2. The van der Waals surface area contributed by atoms with Gasteiger partial charge in [0.1, 0.15) is 5.76 Å². The monoisotopic (exact) mass is 315 g/mol. The number of anilines is 1.